The van der Waals surface area contributed by atoms with Crippen molar-refractivity contribution in [3.8, 4) is 16.9 Å². The third-order valence-corrected chi connectivity index (χ3v) is 4.31. The van der Waals surface area contributed by atoms with Crippen LogP contribution in [0.2, 0.25) is 0 Å². The Morgan fingerprint density at radius 1 is 0.793 bits per heavy atom. The molecule has 0 spiro atoms. The summed E-state index contributed by atoms with van der Waals surface area (Å²) >= 11 is 0. The van der Waals surface area contributed by atoms with Crippen LogP contribution in [0.4, 0.5) is 10.5 Å². The first kappa shape index (κ1) is 19.9. The fourth-order valence-electron chi connectivity index (χ4n) is 2.82. The minimum Gasteiger partial charge on any atom is -0.497 e. The maximum Gasteiger partial charge on any atom is 0.319 e. The summed E-state index contributed by atoms with van der Waals surface area (Å²) in [6.07, 6.45) is 0. The predicted octanol–water partition coefficient (Wildman–Crippen LogP) is 3.91. The van der Waals surface area contributed by atoms with Gasteiger partial charge in [0.2, 0.25) is 0 Å². The van der Waals surface area contributed by atoms with Gasteiger partial charge >= 0.3 is 6.03 Å². The summed E-state index contributed by atoms with van der Waals surface area (Å²) in [6, 6.07) is 24.0. The Morgan fingerprint density at radius 2 is 1.45 bits per heavy atom. The fourth-order valence-corrected chi connectivity index (χ4v) is 2.82. The summed E-state index contributed by atoms with van der Waals surface area (Å²) in [5, 5.41) is 8.39. The molecule has 3 rings (SSSR count). The number of rotatable bonds is 7. The lowest BCUT2D eigenvalue weighted by Gasteiger charge is -2.12. The molecule has 29 heavy (non-hydrogen) atoms. The van der Waals surface area contributed by atoms with Crippen LogP contribution in [0.3, 0.4) is 0 Å². The summed E-state index contributed by atoms with van der Waals surface area (Å²) in [7, 11) is 1.57. The molecule has 0 saturated carbocycles. The van der Waals surface area contributed by atoms with E-state index in [1.165, 1.54) is 0 Å². The average molecular weight is 389 g/mol. The molecule has 0 aliphatic rings. The number of para-hydroxylation sites is 1. The highest BCUT2D eigenvalue weighted by Gasteiger charge is 2.08. The Kier molecular flexibility index (Phi) is 6.84. The lowest BCUT2D eigenvalue weighted by Crippen LogP contribution is -2.36. The van der Waals surface area contributed by atoms with Crippen molar-refractivity contribution in [2.75, 3.05) is 25.5 Å². The predicted molar refractivity (Wildman–Crippen MR) is 114 cm³/mol. The molecule has 0 atom stereocenters. The van der Waals surface area contributed by atoms with E-state index in [1.54, 1.807) is 31.4 Å². The van der Waals surface area contributed by atoms with Gasteiger partial charge in [0.05, 0.1) is 12.8 Å². The summed E-state index contributed by atoms with van der Waals surface area (Å²) < 4.78 is 5.07. The second-order valence-corrected chi connectivity index (χ2v) is 6.28. The zero-order chi connectivity index (χ0) is 20.5. The molecular formula is C23H23N3O3. The molecule has 0 aromatic heterocycles. The van der Waals surface area contributed by atoms with Crippen LogP contribution in [0.15, 0.2) is 78.9 Å². The molecule has 3 aromatic rings. The minimum absolute atomic E-state index is 0.204. The average Bonchev–Trinajstić information content (AvgIpc) is 2.77. The second-order valence-electron chi connectivity index (χ2n) is 6.28. The number of ether oxygens (including phenoxy) is 1. The Labute approximate surface area is 169 Å². The topological polar surface area (TPSA) is 79.5 Å². The molecule has 0 aliphatic carbocycles. The molecule has 6 nitrogen and oxygen atoms in total. The Hall–Kier alpha value is -3.80. The highest BCUT2D eigenvalue weighted by atomic mass is 16.5. The SMILES string of the molecule is COc1ccc(C(=O)NCCNC(=O)Nc2ccccc2-c2ccccc2)cc1. The van der Waals surface area contributed by atoms with E-state index in [1.807, 2.05) is 54.6 Å². The number of carbonyl (C=O) groups is 2. The fraction of sp³-hybridized carbons (Fsp3) is 0.130. The van der Waals surface area contributed by atoms with Gasteiger partial charge in [-0.25, -0.2) is 4.79 Å². The molecule has 0 unspecified atom stereocenters. The molecular weight excluding hydrogens is 366 g/mol. The normalized spacial score (nSPS) is 10.1. The first-order valence-electron chi connectivity index (χ1n) is 9.29. The molecule has 0 saturated heterocycles. The van der Waals surface area contributed by atoms with E-state index >= 15 is 0 Å². The summed E-state index contributed by atoms with van der Waals surface area (Å²) in [4.78, 5) is 24.3. The number of methoxy groups -OCH3 is 1. The van der Waals surface area contributed by atoms with Crippen molar-refractivity contribution in [1.29, 1.82) is 0 Å². The van der Waals surface area contributed by atoms with Crippen LogP contribution in [0, 0.1) is 0 Å². The quantitative estimate of drug-likeness (QED) is 0.536. The van der Waals surface area contributed by atoms with Crippen LogP contribution in [-0.4, -0.2) is 32.1 Å². The van der Waals surface area contributed by atoms with Crippen molar-refractivity contribution in [3.63, 3.8) is 0 Å². The van der Waals surface area contributed by atoms with Crippen LogP contribution in [0.1, 0.15) is 10.4 Å². The van der Waals surface area contributed by atoms with E-state index in [-0.39, 0.29) is 11.9 Å². The van der Waals surface area contributed by atoms with E-state index < -0.39 is 0 Å². The van der Waals surface area contributed by atoms with Crippen LogP contribution in [-0.2, 0) is 0 Å². The molecule has 0 radical (unpaired) electrons. The maximum absolute atomic E-state index is 12.2. The van der Waals surface area contributed by atoms with Gasteiger partial charge in [-0.3, -0.25) is 4.79 Å². The first-order valence-corrected chi connectivity index (χ1v) is 9.29. The maximum atomic E-state index is 12.2. The highest BCUT2D eigenvalue weighted by molar-refractivity contribution is 5.95. The number of urea groups is 1. The van der Waals surface area contributed by atoms with Crippen molar-refractivity contribution in [2.45, 2.75) is 0 Å². The zero-order valence-corrected chi connectivity index (χ0v) is 16.1. The van der Waals surface area contributed by atoms with Gasteiger partial charge in [-0.15, -0.1) is 0 Å². The highest BCUT2D eigenvalue weighted by Crippen LogP contribution is 2.27. The van der Waals surface area contributed by atoms with Crippen LogP contribution in [0.25, 0.3) is 11.1 Å². The molecule has 6 heteroatoms. The molecule has 3 aromatic carbocycles. The number of hydrogen-bond donors (Lipinski definition) is 3. The van der Waals surface area contributed by atoms with Gasteiger partial charge in [0.15, 0.2) is 0 Å². The minimum atomic E-state index is -0.327. The van der Waals surface area contributed by atoms with E-state index in [0.717, 1.165) is 16.8 Å². The molecule has 148 valence electrons. The van der Waals surface area contributed by atoms with Crippen LogP contribution >= 0.6 is 0 Å². The molecule has 0 heterocycles. The number of benzene rings is 3. The lowest BCUT2D eigenvalue weighted by molar-refractivity contribution is 0.0954. The molecule has 0 bridgehead atoms. The summed E-state index contributed by atoms with van der Waals surface area (Å²) in [5.41, 5.74) is 3.22. The lowest BCUT2D eigenvalue weighted by atomic mass is 10.0. The Balaban J connectivity index is 1.48. The van der Waals surface area contributed by atoms with Gasteiger partial charge < -0.3 is 20.7 Å². The van der Waals surface area contributed by atoms with Gasteiger partial charge in [-0.1, -0.05) is 48.5 Å². The van der Waals surface area contributed by atoms with Gasteiger partial charge in [0.1, 0.15) is 5.75 Å². The van der Waals surface area contributed by atoms with Crippen molar-refractivity contribution >= 4 is 17.6 Å². The van der Waals surface area contributed by atoms with E-state index in [9.17, 15) is 9.59 Å². The van der Waals surface area contributed by atoms with Crippen molar-refractivity contribution in [3.05, 3.63) is 84.4 Å². The largest absolute Gasteiger partial charge is 0.497 e. The van der Waals surface area contributed by atoms with Gasteiger partial charge in [-0.05, 0) is 35.9 Å². The third kappa shape index (κ3) is 5.59. The number of anilines is 1. The third-order valence-electron chi connectivity index (χ3n) is 4.31. The van der Waals surface area contributed by atoms with Gasteiger partial charge in [-0.2, -0.15) is 0 Å². The first-order chi connectivity index (χ1) is 14.2. The Morgan fingerprint density at radius 3 is 2.17 bits per heavy atom. The van der Waals surface area contributed by atoms with Crippen molar-refractivity contribution < 1.29 is 14.3 Å². The Bertz CT molecular complexity index is 957. The molecule has 0 fully saturated rings. The second kappa shape index (κ2) is 9.94. The number of amides is 3. The monoisotopic (exact) mass is 389 g/mol. The van der Waals surface area contributed by atoms with Gasteiger partial charge in [0.25, 0.3) is 5.91 Å². The molecule has 3 N–H and O–H groups in total. The van der Waals surface area contributed by atoms with E-state index in [2.05, 4.69) is 16.0 Å². The van der Waals surface area contributed by atoms with Gasteiger partial charge in [0, 0.05) is 24.2 Å². The van der Waals surface area contributed by atoms with E-state index in [4.69, 9.17) is 4.74 Å². The smallest absolute Gasteiger partial charge is 0.319 e. The summed E-state index contributed by atoms with van der Waals surface area (Å²) in [5.74, 6) is 0.486. The van der Waals surface area contributed by atoms with Crippen LogP contribution in [0.5, 0.6) is 5.75 Å². The molecule has 3 amide bonds. The number of carbonyl (C=O) groups excluding carboxylic acids is 2. The number of nitrogens with one attached hydrogen (secondary N) is 3. The number of hydrogen-bond acceptors (Lipinski definition) is 3. The van der Waals surface area contributed by atoms with Crippen molar-refractivity contribution in [2.24, 2.45) is 0 Å². The van der Waals surface area contributed by atoms with Crippen LogP contribution < -0.4 is 20.7 Å². The van der Waals surface area contributed by atoms with E-state index in [0.29, 0.717) is 24.4 Å². The molecule has 0 aliphatic heterocycles. The summed E-state index contributed by atoms with van der Waals surface area (Å²) in [6.45, 7) is 0.625. The zero-order valence-electron chi connectivity index (χ0n) is 16.1. The standard InChI is InChI=1S/C23H23N3O3/c1-29-19-13-11-18(12-14-19)22(27)24-15-16-25-23(28)26-21-10-6-5-9-20(21)17-7-3-2-4-8-17/h2-14H,15-16H2,1H3,(H,24,27)(H2,25,26,28). The van der Waals surface area contributed by atoms with Crippen molar-refractivity contribution in [1.82, 2.24) is 10.6 Å².